The lowest BCUT2D eigenvalue weighted by molar-refractivity contribution is -0.366. The summed E-state index contributed by atoms with van der Waals surface area (Å²) in [6.45, 7) is 0. The van der Waals surface area contributed by atoms with Crippen LogP contribution in [-0.4, -0.2) is 6.21 Å². The molecule has 94 valence electrons. The Morgan fingerprint density at radius 2 is 2.00 bits per heavy atom. The van der Waals surface area contributed by atoms with Crippen LogP contribution in [0.15, 0.2) is 52.7 Å². The molecule has 0 fully saturated rings. The van der Waals surface area contributed by atoms with Crippen LogP contribution >= 0.6 is 11.6 Å². The van der Waals surface area contributed by atoms with E-state index in [0.717, 1.165) is 36.1 Å². The summed E-state index contributed by atoms with van der Waals surface area (Å²) in [5.41, 5.74) is 2.93. The van der Waals surface area contributed by atoms with Gasteiger partial charge in [-0.3, -0.25) is 0 Å². The number of nitrogens with one attached hydrogen (secondary N) is 2. The predicted octanol–water partition coefficient (Wildman–Crippen LogP) is 2.31. The van der Waals surface area contributed by atoms with Gasteiger partial charge in [0.25, 0.3) is 0 Å². The molecule has 0 aliphatic heterocycles. The van der Waals surface area contributed by atoms with E-state index in [9.17, 15) is 5.21 Å². The van der Waals surface area contributed by atoms with E-state index >= 15 is 0 Å². The van der Waals surface area contributed by atoms with E-state index in [1.165, 1.54) is 6.21 Å². The molecule has 2 N–H and O–H groups in total. The summed E-state index contributed by atoms with van der Waals surface area (Å²) in [4.78, 5) is 0. The minimum atomic E-state index is 0.674. The number of rotatable bonds is 3. The number of halogens is 1. The van der Waals surface area contributed by atoms with E-state index in [1.807, 2.05) is 36.5 Å². The van der Waals surface area contributed by atoms with Crippen LogP contribution in [-0.2, 0) is 0 Å². The molecule has 18 heavy (non-hydrogen) atoms. The summed E-state index contributed by atoms with van der Waals surface area (Å²) in [5, 5.41) is 16.1. The first-order chi connectivity index (χ1) is 8.81. The average molecular weight is 263 g/mol. The molecule has 0 bridgehead atoms. The number of allylic oxidation sites excluding steroid dienone is 3. The van der Waals surface area contributed by atoms with Gasteiger partial charge in [-0.2, -0.15) is 0 Å². The second-order valence-electron chi connectivity index (χ2n) is 4.13. The highest BCUT2D eigenvalue weighted by Gasteiger charge is 2.15. The molecule has 0 unspecified atom stereocenters. The molecule has 1 aromatic rings. The fourth-order valence-corrected chi connectivity index (χ4v) is 2.24. The quantitative estimate of drug-likeness (QED) is 0.499. The van der Waals surface area contributed by atoms with E-state index in [-0.39, 0.29) is 0 Å². The van der Waals surface area contributed by atoms with Crippen LogP contribution in [0.5, 0.6) is 0 Å². The molecule has 1 aliphatic carbocycles. The highest BCUT2D eigenvalue weighted by Crippen LogP contribution is 2.31. The molecule has 0 amide bonds. The molecule has 3 nitrogen and oxygen atoms in total. The predicted molar refractivity (Wildman–Crippen MR) is 75.3 cm³/mol. The Bertz CT molecular complexity index is 492. The first-order valence-corrected chi connectivity index (χ1v) is 6.29. The highest BCUT2D eigenvalue weighted by atomic mass is 35.5. The molecule has 0 saturated heterocycles. The second kappa shape index (κ2) is 6.26. The standard InChI is InChI=1S/C14H15ClN2O/c15-14-11(5-4-6-12(14)10-17-18)9-16-13-7-2-1-3-8-13/h1-3,7-10,16-17H,4-6H2/b11-9+,17-10-. The van der Waals surface area contributed by atoms with Crippen LogP contribution in [0.25, 0.3) is 0 Å². The molecular weight excluding hydrogens is 248 g/mol. The molecule has 0 spiro atoms. The topological polar surface area (TPSA) is 49.1 Å². The highest BCUT2D eigenvalue weighted by molar-refractivity contribution is 6.33. The lowest BCUT2D eigenvalue weighted by Crippen LogP contribution is -2.60. The third-order valence-corrected chi connectivity index (χ3v) is 3.36. The van der Waals surface area contributed by atoms with Crippen molar-refractivity contribution in [2.75, 3.05) is 5.32 Å². The minimum absolute atomic E-state index is 0.674. The van der Waals surface area contributed by atoms with Crippen molar-refractivity contribution in [3.05, 3.63) is 57.9 Å². The summed E-state index contributed by atoms with van der Waals surface area (Å²) in [5.74, 6) is 0. The van der Waals surface area contributed by atoms with Gasteiger partial charge < -0.3 is 10.5 Å². The smallest absolute Gasteiger partial charge is 0.177 e. The molecule has 0 atom stereocenters. The van der Waals surface area contributed by atoms with E-state index in [0.29, 0.717) is 5.03 Å². The molecule has 0 radical (unpaired) electrons. The van der Waals surface area contributed by atoms with Crippen LogP contribution in [0, 0.1) is 5.21 Å². The Balaban J connectivity index is 2.15. The van der Waals surface area contributed by atoms with Crippen molar-refractivity contribution in [3.8, 4) is 0 Å². The maximum atomic E-state index is 10.4. The van der Waals surface area contributed by atoms with Gasteiger partial charge in [-0.25, -0.2) is 5.16 Å². The van der Waals surface area contributed by atoms with Gasteiger partial charge in [0.1, 0.15) is 0 Å². The molecule has 1 aromatic carbocycles. The Hall–Kier alpha value is -1.74. The van der Waals surface area contributed by atoms with Crippen molar-refractivity contribution < 1.29 is 5.16 Å². The number of hydrogen-bond acceptors (Lipinski definition) is 2. The Labute approximate surface area is 111 Å². The Morgan fingerprint density at radius 3 is 2.72 bits per heavy atom. The zero-order valence-electron chi connectivity index (χ0n) is 9.95. The van der Waals surface area contributed by atoms with E-state index in [4.69, 9.17) is 11.6 Å². The van der Waals surface area contributed by atoms with Gasteiger partial charge in [-0.1, -0.05) is 29.8 Å². The van der Waals surface area contributed by atoms with Gasteiger partial charge in [-0.15, -0.1) is 0 Å². The summed E-state index contributed by atoms with van der Waals surface area (Å²) >= 11 is 6.25. The van der Waals surface area contributed by atoms with Crippen molar-refractivity contribution in [1.82, 2.24) is 0 Å². The van der Waals surface area contributed by atoms with Crippen molar-refractivity contribution >= 4 is 23.5 Å². The first kappa shape index (κ1) is 12.7. The fraction of sp³-hybridized carbons (Fsp3) is 0.214. The van der Waals surface area contributed by atoms with Crippen molar-refractivity contribution in [2.45, 2.75) is 19.3 Å². The second-order valence-corrected chi connectivity index (χ2v) is 4.51. The normalized spacial score (nSPS) is 18.6. The largest absolute Gasteiger partial charge is 0.625 e. The number of anilines is 1. The summed E-state index contributed by atoms with van der Waals surface area (Å²) in [6.07, 6.45) is 6.12. The van der Waals surface area contributed by atoms with Gasteiger partial charge in [0.05, 0.1) is 5.03 Å². The SMILES string of the molecule is [O-]/[NH+]=C\C1=C(Cl)C(=C/Nc2ccccc2)/CCC1. The molecule has 1 aliphatic rings. The first-order valence-electron chi connectivity index (χ1n) is 5.92. The van der Waals surface area contributed by atoms with E-state index in [1.54, 1.807) is 5.16 Å². The van der Waals surface area contributed by atoms with Crippen LogP contribution in [0.2, 0.25) is 0 Å². The molecule has 0 heterocycles. The van der Waals surface area contributed by atoms with Gasteiger partial charge in [0, 0.05) is 17.5 Å². The lowest BCUT2D eigenvalue weighted by Gasteiger charge is -2.15. The van der Waals surface area contributed by atoms with Crippen LogP contribution in [0.1, 0.15) is 19.3 Å². The maximum Gasteiger partial charge on any atom is 0.177 e. The molecule has 0 saturated carbocycles. The van der Waals surface area contributed by atoms with E-state index < -0.39 is 0 Å². The maximum absolute atomic E-state index is 10.4. The summed E-state index contributed by atoms with van der Waals surface area (Å²) in [6, 6.07) is 9.89. The van der Waals surface area contributed by atoms with Gasteiger partial charge in [0.2, 0.25) is 0 Å². The third-order valence-electron chi connectivity index (χ3n) is 2.88. The number of hydrogen-bond donors (Lipinski definition) is 2. The van der Waals surface area contributed by atoms with Crippen LogP contribution in [0.4, 0.5) is 5.69 Å². The van der Waals surface area contributed by atoms with Gasteiger partial charge in [-0.05, 0) is 37.0 Å². The number of benzene rings is 1. The third kappa shape index (κ3) is 3.14. The van der Waals surface area contributed by atoms with Crippen LogP contribution < -0.4 is 10.5 Å². The summed E-state index contributed by atoms with van der Waals surface area (Å²) < 4.78 is 0. The van der Waals surface area contributed by atoms with E-state index in [2.05, 4.69) is 5.32 Å². The monoisotopic (exact) mass is 262 g/mol. The minimum Gasteiger partial charge on any atom is -0.625 e. The zero-order chi connectivity index (χ0) is 12.8. The molecule has 4 heteroatoms. The molecule has 2 rings (SSSR count). The fourth-order valence-electron chi connectivity index (χ4n) is 1.94. The van der Waals surface area contributed by atoms with Crippen molar-refractivity contribution in [1.29, 1.82) is 0 Å². The molecule has 0 aromatic heterocycles. The summed E-state index contributed by atoms with van der Waals surface area (Å²) in [7, 11) is 0. The van der Waals surface area contributed by atoms with Crippen molar-refractivity contribution in [3.63, 3.8) is 0 Å². The Kier molecular flexibility index (Phi) is 4.42. The van der Waals surface area contributed by atoms with Crippen LogP contribution in [0.3, 0.4) is 0 Å². The molecular formula is C14H15ClN2O. The van der Waals surface area contributed by atoms with Gasteiger partial charge >= 0.3 is 0 Å². The van der Waals surface area contributed by atoms with Gasteiger partial charge in [0.15, 0.2) is 6.21 Å². The van der Waals surface area contributed by atoms with Crippen molar-refractivity contribution in [2.24, 2.45) is 0 Å². The number of para-hydroxylation sites is 1. The lowest BCUT2D eigenvalue weighted by atomic mass is 9.96. The Morgan fingerprint density at radius 1 is 1.22 bits per heavy atom. The zero-order valence-corrected chi connectivity index (χ0v) is 10.7. The average Bonchev–Trinajstić information content (AvgIpc) is 2.41.